The van der Waals surface area contributed by atoms with Crippen molar-refractivity contribution in [3.63, 3.8) is 0 Å². The molecule has 1 aromatic heterocycles. The Bertz CT molecular complexity index is 376. The second-order valence-electron chi connectivity index (χ2n) is 3.97. The molecule has 1 aromatic rings. The van der Waals surface area contributed by atoms with E-state index in [-0.39, 0.29) is 12.5 Å². The zero-order valence-corrected chi connectivity index (χ0v) is 11.0. The van der Waals surface area contributed by atoms with E-state index in [1.165, 1.54) is 4.88 Å². The van der Waals surface area contributed by atoms with Crippen molar-refractivity contribution in [2.24, 2.45) is 0 Å². The zero-order valence-electron chi connectivity index (χ0n) is 10.1. The third-order valence-corrected chi connectivity index (χ3v) is 3.58. The highest BCUT2D eigenvalue weighted by Gasteiger charge is 2.17. The van der Waals surface area contributed by atoms with Crippen LogP contribution in [0, 0.1) is 13.8 Å². The smallest absolute Gasteiger partial charge is 0.304 e. The highest BCUT2D eigenvalue weighted by atomic mass is 32.1. The van der Waals surface area contributed by atoms with Gasteiger partial charge in [-0.2, -0.15) is 0 Å². The number of hydrogen-bond donors (Lipinski definition) is 1. The molecule has 0 aliphatic carbocycles. The van der Waals surface area contributed by atoms with Gasteiger partial charge >= 0.3 is 5.97 Å². The minimum atomic E-state index is -0.759. The van der Waals surface area contributed by atoms with Crippen LogP contribution in [0.5, 0.6) is 0 Å². The first-order valence-electron chi connectivity index (χ1n) is 5.27. The summed E-state index contributed by atoms with van der Waals surface area (Å²) >= 11 is 1.69. The third-order valence-electron chi connectivity index (χ3n) is 2.67. The summed E-state index contributed by atoms with van der Waals surface area (Å²) < 4.78 is 0. The maximum absolute atomic E-state index is 10.5. The number of aryl methyl sites for hydroxylation is 2. The second kappa shape index (κ2) is 5.41. The zero-order chi connectivity index (χ0) is 12.3. The minimum Gasteiger partial charge on any atom is -0.481 e. The molecule has 0 bridgehead atoms. The summed E-state index contributed by atoms with van der Waals surface area (Å²) in [6.45, 7) is 6.66. The van der Waals surface area contributed by atoms with Gasteiger partial charge in [0.2, 0.25) is 0 Å². The summed E-state index contributed by atoms with van der Waals surface area (Å²) in [5, 5.41) is 9.69. The largest absolute Gasteiger partial charge is 0.481 e. The fourth-order valence-electron chi connectivity index (χ4n) is 1.61. The van der Waals surface area contributed by atoms with Gasteiger partial charge in [0.05, 0.1) is 23.2 Å². The van der Waals surface area contributed by atoms with Gasteiger partial charge in [0.1, 0.15) is 0 Å². The average molecular weight is 242 g/mol. The minimum absolute atomic E-state index is 0.170. The Morgan fingerprint density at radius 1 is 1.56 bits per heavy atom. The monoisotopic (exact) mass is 242 g/mol. The predicted octanol–water partition coefficient (Wildman–Crippen LogP) is 2.23. The number of carboxylic acids is 1. The van der Waals surface area contributed by atoms with Crippen molar-refractivity contribution < 1.29 is 9.90 Å². The van der Waals surface area contributed by atoms with Crippen LogP contribution >= 0.6 is 11.3 Å². The van der Waals surface area contributed by atoms with Crippen LogP contribution in [0.2, 0.25) is 0 Å². The van der Waals surface area contributed by atoms with Crippen molar-refractivity contribution >= 4 is 17.3 Å². The molecule has 1 unspecified atom stereocenters. The van der Waals surface area contributed by atoms with Crippen LogP contribution in [0.1, 0.15) is 35.0 Å². The number of hydrogen-bond acceptors (Lipinski definition) is 4. The molecule has 0 aliphatic heterocycles. The van der Waals surface area contributed by atoms with E-state index in [9.17, 15) is 4.79 Å². The summed E-state index contributed by atoms with van der Waals surface area (Å²) in [4.78, 5) is 18.2. The van der Waals surface area contributed by atoms with E-state index in [1.54, 1.807) is 11.3 Å². The van der Waals surface area contributed by atoms with E-state index in [2.05, 4.69) is 18.8 Å². The van der Waals surface area contributed by atoms with Crippen molar-refractivity contribution in [1.29, 1.82) is 0 Å². The molecular formula is C11H18N2O2S. The molecule has 16 heavy (non-hydrogen) atoms. The fraction of sp³-hybridized carbons (Fsp3) is 0.636. The van der Waals surface area contributed by atoms with Gasteiger partial charge < -0.3 is 5.11 Å². The van der Waals surface area contributed by atoms with Crippen LogP contribution < -0.4 is 0 Å². The van der Waals surface area contributed by atoms with Crippen LogP contribution in [0.25, 0.3) is 0 Å². The number of carbonyl (C=O) groups is 1. The topological polar surface area (TPSA) is 53.4 Å². The lowest BCUT2D eigenvalue weighted by Gasteiger charge is -2.23. The molecule has 0 saturated heterocycles. The van der Waals surface area contributed by atoms with Crippen molar-refractivity contribution in [1.82, 2.24) is 9.88 Å². The molecule has 1 N–H and O–H groups in total. The number of thiazole rings is 1. The molecule has 90 valence electrons. The standard InChI is InChI=1S/C11H18N2O2S/c1-7(13(4)6-5-10(14)15)11-8(2)16-9(3)12-11/h7H,5-6H2,1-4H3,(H,14,15). The number of aromatic nitrogens is 1. The lowest BCUT2D eigenvalue weighted by atomic mass is 10.2. The van der Waals surface area contributed by atoms with Crippen LogP contribution in [0.15, 0.2) is 0 Å². The first kappa shape index (κ1) is 13.1. The lowest BCUT2D eigenvalue weighted by molar-refractivity contribution is -0.137. The Hall–Kier alpha value is -0.940. The van der Waals surface area contributed by atoms with Gasteiger partial charge in [-0.1, -0.05) is 0 Å². The molecule has 0 radical (unpaired) electrons. The van der Waals surface area contributed by atoms with Crippen LogP contribution in [-0.4, -0.2) is 34.6 Å². The molecular weight excluding hydrogens is 224 g/mol. The molecule has 0 aliphatic rings. The Kier molecular flexibility index (Phi) is 4.44. The molecule has 4 nitrogen and oxygen atoms in total. The molecule has 0 fully saturated rings. The van der Waals surface area contributed by atoms with Gasteiger partial charge in [0, 0.05) is 11.4 Å². The molecule has 1 rings (SSSR count). The quantitative estimate of drug-likeness (QED) is 0.860. The lowest BCUT2D eigenvalue weighted by Crippen LogP contribution is -2.25. The molecule has 0 amide bonds. The SMILES string of the molecule is Cc1nc(C(C)N(C)CCC(=O)O)c(C)s1. The van der Waals surface area contributed by atoms with Gasteiger partial charge in [-0.25, -0.2) is 4.98 Å². The highest BCUT2D eigenvalue weighted by molar-refractivity contribution is 7.11. The van der Waals surface area contributed by atoms with Crippen molar-refractivity contribution in [2.45, 2.75) is 33.2 Å². The van der Waals surface area contributed by atoms with E-state index in [4.69, 9.17) is 5.11 Å². The van der Waals surface area contributed by atoms with Crippen LogP contribution in [-0.2, 0) is 4.79 Å². The molecule has 0 saturated carbocycles. The first-order valence-corrected chi connectivity index (χ1v) is 6.09. The first-order chi connectivity index (χ1) is 7.41. The fourth-order valence-corrected chi connectivity index (χ4v) is 2.51. The molecule has 1 atom stereocenters. The predicted molar refractivity (Wildman–Crippen MR) is 64.9 cm³/mol. The number of nitrogens with zero attached hydrogens (tertiary/aromatic N) is 2. The summed E-state index contributed by atoms with van der Waals surface area (Å²) in [5.74, 6) is -0.759. The maximum atomic E-state index is 10.5. The van der Waals surface area contributed by atoms with Gasteiger partial charge in [-0.15, -0.1) is 11.3 Å². The molecule has 0 aromatic carbocycles. The highest BCUT2D eigenvalue weighted by Crippen LogP contribution is 2.25. The van der Waals surface area contributed by atoms with Gasteiger partial charge in [0.25, 0.3) is 0 Å². The van der Waals surface area contributed by atoms with E-state index < -0.39 is 5.97 Å². The van der Waals surface area contributed by atoms with Gasteiger partial charge in [-0.3, -0.25) is 9.69 Å². The summed E-state index contributed by atoms with van der Waals surface area (Å²) in [7, 11) is 1.93. The van der Waals surface area contributed by atoms with E-state index in [1.807, 2.05) is 18.9 Å². The summed E-state index contributed by atoms with van der Waals surface area (Å²) in [6, 6.07) is 0.171. The Labute approximate surface area is 99.9 Å². The van der Waals surface area contributed by atoms with E-state index in [0.29, 0.717) is 6.54 Å². The average Bonchev–Trinajstić information content (AvgIpc) is 2.53. The number of carboxylic acid groups (broad SMARTS) is 1. The second-order valence-corrected chi connectivity index (χ2v) is 5.38. The Balaban J connectivity index is 2.66. The Morgan fingerprint density at radius 3 is 2.62 bits per heavy atom. The number of aliphatic carboxylic acids is 1. The van der Waals surface area contributed by atoms with Crippen LogP contribution in [0.4, 0.5) is 0 Å². The third kappa shape index (κ3) is 3.28. The molecule has 5 heteroatoms. The van der Waals surface area contributed by atoms with Crippen LogP contribution in [0.3, 0.4) is 0 Å². The van der Waals surface area contributed by atoms with Crippen molar-refractivity contribution in [3.8, 4) is 0 Å². The van der Waals surface area contributed by atoms with E-state index in [0.717, 1.165) is 10.7 Å². The maximum Gasteiger partial charge on any atom is 0.304 e. The van der Waals surface area contributed by atoms with Gasteiger partial charge in [0.15, 0.2) is 0 Å². The number of rotatable bonds is 5. The summed E-state index contributed by atoms with van der Waals surface area (Å²) in [6.07, 6.45) is 0.170. The normalized spacial score (nSPS) is 13.1. The van der Waals surface area contributed by atoms with Crippen molar-refractivity contribution in [2.75, 3.05) is 13.6 Å². The van der Waals surface area contributed by atoms with Crippen molar-refractivity contribution in [3.05, 3.63) is 15.6 Å². The summed E-state index contributed by atoms with van der Waals surface area (Å²) in [5.41, 5.74) is 1.07. The van der Waals surface area contributed by atoms with Gasteiger partial charge in [-0.05, 0) is 27.8 Å². The molecule has 1 heterocycles. The van der Waals surface area contributed by atoms with E-state index >= 15 is 0 Å². The molecule has 0 spiro atoms. The Morgan fingerprint density at radius 2 is 2.19 bits per heavy atom.